The average Bonchev–Trinajstić information content (AvgIpc) is 3.38. The summed E-state index contributed by atoms with van der Waals surface area (Å²) in [6.45, 7) is 8.53. The zero-order chi connectivity index (χ0) is 28.6. The molecule has 2 saturated heterocycles. The predicted octanol–water partition coefficient (Wildman–Crippen LogP) is 3.23. The summed E-state index contributed by atoms with van der Waals surface area (Å²) in [5, 5.41) is 6.28. The standard InChI is InChI=1S/C32H45N5O3/c1-4-26(33)30(38)35-29-24(21-36(5-2)6-3)17-18-25-19-20-27(37(25)32(29)40)31(39)34-28(22-13-9-7-10-14-22)23-15-11-8-12-16-23/h7-16,24-29H,4-6,17-21,33H2,1-3H3,(H,34,39)(H,35,38)/t24-,25+,26+,27+,29+/m1/s1. The lowest BCUT2D eigenvalue weighted by Crippen LogP contribution is -2.59. The Balaban J connectivity index is 1.60. The first kappa shape index (κ1) is 29.7. The van der Waals surface area contributed by atoms with Crippen LogP contribution in [0.5, 0.6) is 0 Å². The van der Waals surface area contributed by atoms with Crippen molar-refractivity contribution >= 4 is 17.7 Å². The molecule has 0 aliphatic carbocycles. The molecule has 2 aromatic rings. The summed E-state index contributed by atoms with van der Waals surface area (Å²) in [5.74, 6) is -0.676. The van der Waals surface area contributed by atoms with Crippen molar-refractivity contribution in [2.45, 2.75) is 83.1 Å². The van der Waals surface area contributed by atoms with Crippen LogP contribution >= 0.6 is 0 Å². The molecule has 0 unspecified atom stereocenters. The van der Waals surface area contributed by atoms with Crippen LogP contribution in [0, 0.1) is 5.92 Å². The number of nitrogens with one attached hydrogen (secondary N) is 2. The van der Waals surface area contributed by atoms with Gasteiger partial charge in [0.15, 0.2) is 0 Å². The highest BCUT2D eigenvalue weighted by Gasteiger charge is 2.48. The van der Waals surface area contributed by atoms with E-state index in [0.717, 1.165) is 43.5 Å². The second kappa shape index (κ2) is 13.9. The van der Waals surface area contributed by atoms with Crippen LogP contribution in [0.2, 0.25) is 0 Å². The molecule has 0 bridgehead atoms. The Hall–Kier alpha value is -3.23. The fourth-order valence-electron chi connectivity index (χ4n) is 6.22. The summed E-state index contributed by atoms with van der Waals surface area (Å²) in [6, 6.07) is 17.5. The maximum atomic E-state index is 14.3. The minimum atomic E-state index is -0.705. The molecule has 40 heavy (non-hydrogen) atoms. The number of nitrogens with two attached hydrogens (primary N) is 1. The molecule has 2 heterocycles. The van der Waals surface area contributed by atoms with Crippen LogP contribution in [0.4, 0.5) is 0 Å². The van der Waals surface area contributed by atoms with Crippen molar-refractivity contribution in [3.63, 3.8) is 0 Å². The maximum Gasteiger partial charge on any atom is 0.246 e. The number of carbonyl (C=O) groups is 3. The van der Waals surface area contributed by atoms with Gasteiger partial charge >= 0.3 is 0 Å². The number of benzene rings is 2. The number of carbonyl (C=O) groups excluding carboxylic acids is 3. The van der Waals surface area contributed by atoms with Gasteiger partial charge in [-0.15, -0.1) is 0 Å². The summed E-state index contributed by atoms with van der Waals surface area (Å²) in [4.78, 5) is 45.2. The number of fused-ring (bicyclic) bond motifs is 1. The van der Waals surface area contributed by atoms with Gasteiger partial charge in [-0.2, -0.15) is 0 Å². The average molecular weight is 548 g/mol. The SMILES string of the molecule is CC[C@H](N)C(=O)N[C@@H]1C(=O)N2[C@@H](CC[C@@H]1CN(CC)CC)CC[C@H]2C(=O)NC(c1ccccc1)c1ccccc1. The van der Waals surface area contributed by atoms with Crippen LogP contribution in [-0.2, 0) is 14.4 Å². The molecule has 4 N–H and O–H groups in total. The van der Waals surface area contributed by atoms with Crippen LogP contribution in [-0.4, -0.2) is 71.3 Å². The molecule has 2 aliphatic rings. The minimum absolute atomic E-state index is 0.0175. The van der Waals surface area contributed by atoms with Gasteiger partial charge in [-0.1, -0.05) is 81.4 Å². The molecule has 8 nitrogen and oxygen atoms in total. The maximum absolute atomic E-state index is 14.3. The Morgan fingerprint density at radius 2 is 1.50 bits per heavy atom. The second-order valence-corrected chi connectivity index (χ2v) is 11.1. The van der Waals surface area contributed by atoms with Crippen molar-refractivity contribution in [3.8, 4) is 0 Å². The van der Waals surface area contributed by atoms with Gasteiger partial charge in [-0.25, -0.2) is 0 Å². The van der Waals surface area contributed by atoms with Crippen LogP contribution in [0.15, 0.2) is 60.7 Å². The number of rotatable bonds is 11. The van der Waals surface area contributed by atoms with E-state index in [1.165, 1.54) is 0 Å². The fraction of sp³-hybridized carbons (Fsp3) is 0.531. The van der Waals surface area contributed by atoms with E-state index in [-0.39, 0.29) is 35.7 Å². The quantitative estimate of drug-likeness (QED) is 0.400. The van der Waals surface area contributed by atoms with Crippen molar-refractivity contribution in [1.82, 2.24) is 20.4 Å². The Labute approximate surface area is 238 Å². The fourth-order valence-corrected chi connectivity index (χ4v) is 6.22. The first-order valence-electron chi connectivity index (χ1n) is 14.9. The van der Waals surface area contributed by atoms with E-state index in [2.05, 4.69) is 29.4 Å². The lowest BCUT2D eigenvalue weighted by molar-refractivity contribution is -0.144. The van der Waals surface area contributed by atoms with E-state index in [9.17, 15) is 14.4 Å². The Kier molecular flexibility index (Phi) is 10.3. The van der Waals surface area contributed by atoms with Crippen LogP contribution in [0.25, 0.3) is 0 Å². The predicted molar refractivity (Wildman–Crippen MR) is 157 cm³/mol. The van der Waals surface area contributed by atoms with E-state index >= 15 is 0 Å². The van der Waals surface area contributed by atoms with Crippen molar-refractivity contribution in [3.05, 3.63) is 71.8 Å². The highest BCUT2D eigenvalue weighted by Crippen LogP contribution is 2.35. The van der Waals surface area contributed by atoms with Gasteiger partial charge < -0.3 is 26.2 Å². The van der Waals surface area contributed by atoms with E-state index in [4.69, 9.17) is 5.73 Å². The molecule has 5 atom stereocenters. The number of nitrogens with zero attached hydrogens (tertiary/aromatic N) is 2. The molecule has 2 aliphatic heterocycles. The molecule has 0 saturated carbocycles. The highest BCUT2D eigenvalue weighted by molar-refractivity contribution is 5.94. The zero-order valence-corrected chi connectivity index (χ0v) is 24.1. The van der Waals surface area contributed by atoms with E-state index < -0.39 is 18.1 Å². The summed E-state index contributed by atoms with van der Waals surface area (Å²) in [7, 11) is 0. The molecular formula is C32H45N5O3. The van der Waals surface area contributed by atoms with Gasteiger partial charge in [0.1, 0.15) is 12.1 Å². The van der Waals surface area contributed by atoms with Gasteiger partial charge in [-0.05, 0) is 56.3 Å². The third-order valence-corrected chi connectivity index (χ3v) is 8.68. The van der Waals surface area contributed by atoms with Crippen molar-refractivity contribution in [1.29, 1.82) is 0 Å². The van der Waals surface area contributed by atoms with Gasteiger partial charge in [0, 0.05) is 18.5 Å². The molecule has 2 aromatic carbocycles. The minimum Gasteiger partial charge on any atom is -0.343 e. The Morgan fingerprint density at radius 3 is 2.05 bits per heavy atom. The van der Waals surface area contributed by atoms with Crippen molar-refractivity contribution in [2.75, 3.05) is 19.6 Å². The van der Waals surface area contributed by atoms with Gasteiger partial charge in [-0.3, -0.25) is 14.4 Å². The molecule has 3 amide bonds. The third-order valence-electron chi connectivity index (χ3n) is 8.68. The largest absolute Gasteiger partial charge is 0.343 e. The first-order valence-corrected chi connectivity index (χ1v) is 14.9. The normalized spacial score (nSPS) is 23.6. The molecule has 216 valence electrons. The Bertz CT molecular complexity index is 1080. The molecule has 0 radical (unpaired) electrons. The highest BCUT2D eigenvalue weighted by atomic mass is 16.2. The summed E-state index contributed by atoms with van der Waals surface area (Å²) >= 11 is 0. The lowest BCUT2D eigenvalue weighted by Gasteiger charge is -2.34. The molecular weight excluding hydrogens is 502 g/mol. The molecule has 8 heteroatoms. The molecule has 0 spiro atoms. The number of hydrogen-bond donors (Lipinski definition) is 3. The van der Waals surface area contributed by atoms with E-state index in [1.54, 1.807) is 4.90 Å². The first-order chi connectivity index (χ1) is 19.4. The van der Waals surface area contributed by atoms with Gasteiger partial charge in [0.2, 0.25) is 17.7 Å². The molecule has 4 rings (SSSR count). The monoisotopic (exact) mass is 547 g/mol. The summed E-state index contributed by atoms with van der Waals surface area (Å²) in [6.07, 6.45) is 3.49. The number of hydrogen-bond acceptors (Lipinski definition) is 5. The Morgan fingerprint density at radius 1 is 0.925 bits per heavy atom. The van der Waals surface area contributed by atoms with Crippen LogP contribution in [0.1, 0.15) is 70.0 Å². The molecule has 2 fully saturated rings. The topological polar surface area (TPSA) is 108 Å². The van der Waals surface area contributed by atoms with E-state index in [1.807, 2.05) is 67.6 Å². The smallest absolute Gasteiger partial charge is 0.246 e. The summed E-state index contributed by atoms with van der Waals surface area (Å²) in [5.41, 5.74) is 8.02. The lowest BCUT2D eigenvalue weighted by atomic mass is 9.92. The number of amides is 3. The van der Waals surface area contributed by atoms with Gasteiger partial charge in [0.25, 0.3) is 0 Å². The van der Waals surface area contributed by atoms with Crippen molar-refractivity contribution < 1.29 is 14.4 Å². The van der Waals surface area contributed by atoms with Crippen LogP contribution in [0.3, 0.4) is 0 Å². The van der Waals surface area contributed by atoms with Crippen LogP contribution < -0.4 is 16.4 Å². The van der Waals surface area contributed by atoms with E-state index in [0.29, 0.717) is 19.4 Å². The zero-order valence-electron chi connectivity index (χ0n) is 24.1. The third kappa shape index (κ3) is 6.73. The van der Waals surface area contributed by atoms with Gasteiger partial charge in [0.05, 0.1) is 12.1 Å². The summed E-state index contributed by atoms with van der Waals surface area (Å²) < 4.78 is 0. The molecule has 0 aromatic heterocycles. The second-order valence-electron chi connectivity index (χ2n) is 11.1. The van der Waals surface area contributed by atoms with Crippen molar-refractivity contribution in [2.24, 2.45) is 11.7 Å².